The summed E-state index contributed by atoms with van der Waals surface area (Å²) in [6.07, 6.45) is 2.42. The van der Waals surface area contributed by atoms with E-state index in [4.69, 9.17) is 10.5 Å². The van der Waals surface area contributed by atoms with E-state index in [0.717, 1.165) is 10.1 Å². The van der Waals surface area contributed by atoms with Crippen molar-refractivity contribution in [2.75, 3.05) is 25.1 Å². The highest BCUT2D eigenvalue weighted by molar-refractivity contribution is 8.00. The number of thiophene rings is 1. The summed E-state index contributed by atoms with van der Waals surface area (Å²) in [5.41, 5.74) is 6.68. The summed E-state index contributed by atoms with van der Waals surface area (Å²) in [6.45, 7) is 0.717. The lowest BCUT2D eigenvalue weighted by Gasteiger charge is -2.09. The molecule has 1 aliphatic heterocycles. The van der Waals surface area contributed by atoms with Crippen LogP contribution in [0.2, 0.25) is 0 Å². The fourth-order valence-electron chi connectivity index (χ4n) is 2.57. The van der Waals surface area contributed by atoms with Crippen LogP contribution in [0.25, 0.3) is 10.1 Å². The van der Waals surface area contributed by atoms with E-state index in [1.807, 2.05) is 30.0 Å². The van der Waals surface area contributed by atoms with E-state index < -0.39 is 0 Å². The normalized spacial score (nSPS) is 18.0. The number of nitrogen functional groups attached to an aromatic ring is 1. The van der Waals surface area contributed by atoms with Gasteiger partial charge in [0, 0.05) is 16.5 Å². The fraction of sp³-hybridized carbons (Fsp3) is 0.400. The molecule has 1 fully saturated rings. The standard InChI is InChI=1S/C15H18N2O2S2/c1-19-10-5-2-6-11-12(10)13(16)14(21-11)15(18)17-8-9-4-3-7-20-9/h2,5-6,9H,3-4,7-8,16H2,1H3,(H,17,18). The number of anilines is 1. The van der Waals surface area contributed by atoms with Gasteiger partial charge in [0.25, 0.3) is 5.91 Å². The highest BCUT2D eigenvalue weighted by Gasteiger charge is 2.21. The zero-order valence-electron chi connectivity index (χ0n) is 11.8. The van der Waals surface area contributed by atoms with E-state index in [2.05, 4.69) is 5.32 Å². The molecule has 0 radical (unpaired) electrons. The van der Waals surface area contributed by atoms with Crippen molar-refractivity contribution in [1.29, 1.82) is 0 Å². The minimum atomic E-state index is -0.0803. The van der Waals surface area contributed by atoms with Gasteiger partial charge in [-0.05, 0) is 30.7 Å². The molecule has 0 spiro atoms. The summed E-state index contributed by atoms with van der Waals surface area (Å²) >= 11 is 3.35. The van der Waals surface area contributed by atoms with E-state index in [1.54, 1.807) is 7.11 Å². The molecule has 0 saturated carbocycles. The first-order valence-corrected chi connectivity index (χ1v) is 8.82. The molecule has 1 unspecified atom stereocenters. The van der Waals surface area contributed by atoms with Crippen LogP contribution < -0.4 is 15.8 Å². The molecule has 2 aromatic rings. The Morgan fingerprint density at radius 1 is 1.52 bits per heavy atom. The van der Waals surface area contributed by atoms with Crippen LogP contribution in [0, 0.1) is 0 Å². The van der Waals surface area contributed by atoms with Gasteiger partial charge >= 0.3 is 0 Å². The average molecular weight is 322 g/mol. The minimum absolute atomic E-state index is 0.0803. The largest absolute Gasteiger partial charge is 0.496 e. The first-order chi connectivity index (χ1) is 10.2. The van der Waals surface area contributed by atoms with E-state index in [0.29, 0.717) is 28.1 Å². The number of rotatable bonds is 4. The van der Waals surface area contributed by atoms with Gasteiger partial charge in [0.15, 0.2) is 0 Å². The lowest BCUT2D eigenvalue weighted by molar-refractivity contribution is 0.0958. The minimum Gasteiger partial charge on any atom is -0.496 e. The predicted octanol–water partition coefficient (Wildman–Crippen LogP) is 3.12. The molecule has 3 N–H and O–H groups in total. The van der Waals surface area contributed by atoms with E-state index >= 15 is 0 Å². The van der Waals surface area contributed by atoms with Gasteiger partial charge in [0.2, 0.25) is 0 Å². The zero-order chi connectivity index (χ0) is 14.8. The second-order valence-electron chi connectivity index (χ2n) is 5.02. The number of nitrogens with two attached hydrogens (primary N) is 1. The summed E-state index contributed by atoms with van der Waals surface area (Å²) in [4.78, 5) is 12.9. The van der Waals surface area contributed by atoms with Crippen LogP contribution in [0.4, 0.5) is 5.69 Å². The molecule has 0 bridgehead atoms. The van der Waals surface area contributed by atoms with Crippen molar-refractivity contribution in [2.24, 2.45) is 0 Å². The third-order valence-electron chi connectivity index (χ3n) is 3.65. The Hall–Kier alpha value is -1.40. The molecular weight excluding hydrogens is 304 g/mol. The number of methoxy groups -OCH3 is 1. The summed E-state index contributed by atoms with van der Waals surface area (Å²) in [6, 6.07) is 5.73. The summed E-state index contributed by atoms with van der Waals surface area (Å²) in [5.74, 6) is 1.83. The summed E-state index contributed by atoms with van der Waals surface area (Å²) in [7, 11) is 1.61. The number of thioether (sulfide) groups is 1. The number of ether oxygens (including phenoxy) is 1. The molecule has 6 heteroatoms. The van der Waals surface area contributed by atoms with Crippen LogP contribution in [0.1, 0.15) is 22.5 Å². The van der Waals surface area contributed by atoms with Crippen LogP contribution in [0.3, 0.4) is 0 Å². The molecular formula is C15H18N2O2S2. The van der Waals surface area contributed by atoms with Gasteiger partial charge in [-0.1, -0.05) is 6.07 Å². The topological polar surface area (TPSA) is 64.3 Å². The zero-order valence-corrected chi connectivity index (χ0v) is 13.5. The van der Waals surface area contributed by atoms with Gasteiger partial charge < -0.3 is 15.8 Å². The molecule has 1 amide bonds. The van der Waals surface area contributed by atoms with Crippen molar-refractivity contribution in [3.63, 3.8) is 0 Å². The fourth-order valence-corrected chi connectivity index (χ4v) is 4.83. The van der Waals surface area contributed by atoms with Crippen LogP contribution in [-0.4, -0.2) is 30.6 Å². The second-order valence-corrected chi connectivity index (χ2v) is 7.48. The predicted molar refractivity (Wildman–Crippen MR) is 90.6 cm³/mol. The van der Waals surface area contributed by atoms with Crippen molar-refractivity contribution in [1.82, 2.24) is 5.32 Å². The summed E-state index contributed by atoms with van der Waals surface area (Å²) < 4.78 is 6.31. The van der Waals surface area contributed by atoms with E-state index in [-0.39, 0.29) is 5.91 Å². The first kappa shape index (κ1) is 14.5. The maximum absolute atomic E-state index is 12.4. The molecule has 0 aliphatic carbocycles. The SMILES string of the molecule is COc1cccc2sc(C(=O)NCC3CCCS3)c(N)c12. The third kappa shape index (κ3) is 2.82. The second kappa shape index (κ2) is 6.15. The highest BCUT2D eigenvalue weighted by Crippen LogP contribution is 2.39. The van der Waals surface area contributed by atoms with Crippen molar-refractivity contribution >= 4 is 44.8 Å². The van der Waals surface area contributed by atoms with E-state index in [1.165, 1.54) is 29.9 Å². The van der Waals surface area contributed by atoms with Gasteiger partial charge in [-0.15, -0.1) is 11.3 Å². The number of hydrogen-bond acceptors (Lipinski definition) is 5. The number of amides is 1. The number of fused-ring (bicyclic) bond motifs is 1. The average Bonchev–Trinajstić information content (AvgIpc) is 3.13. The van der Waals surface area contributed by atoms with Crippen LogP contribution >= 0.6 is 23.1 Å². The molecule has 112 valence electrons. The molecule has 3 rings (SSSR count). The molecule has 1 saturated heterocycles. The van der Waals surface area contributed by atoms with Crippen molar-refractivity contribution in [2.45, 2.75) is 18.1 Å². The number of nitrogens with one attached hydrogen (secondary N) is 1. The quantitative estimate of drug-likeness (QED) is 0.908. The van der Waals surface area contributed by atoms with Crippen molar-refractivity contribution in [3.05, 3.63) is 23.1 Å². The maximum Gasteiger partial charge on any atom is 0.263 e. The van der Waals surface area contributed by atoms with Crippen LogP contribution in [0.5, 0.6) is 5.75 Å². The summed E-state index contributed by atoms with van der Waals surface area (Å²) in [5, 5.41) is 4.39. The first-order valence-electron chi connectivity index (χ1n) is 6.95. The maximum atomic E-state index is 12.4. The van der Waals surface area contributed by atoms with Gasteiger partial charge in [0.05, 0.1) is 18.2 Å². The van der Waals surface area contributed by atoms with E-state index in [9.17, 15) is 4.79 Å². The number of benzene rings is 1. The Kier molecular flexibility index (Phi) is 4.26. The van der Waals surface area contributed by atoms with Crippen LogP contribution in [-0.2, 0) is 0 Å². The molecule has 1 aliphatic rings. The van der Waals surface area contributed by atoms with Crippen molar-refractivity contribution in [3.8, 4) is 5.75 Å². The molecule has 4 nitrogen and oxygen atoms in total. The Morgan fingerprint density at radius 2 is 2.38 bits per heavy atom. The Morgan fingerprint density at radius 3 is 3.10 bits per heavy atom. The number of carbonyl (C=O) groups excluding carboxylic acids is 1. The van der Waals surface area contributed by atoms with Gasteiger partial charge in [-0.25, -0.2) is 0 Å². The van der Waals surface area contributed by atoms with Gasteiger partial charge in [-0.2, -0.15) is 11.8 Å². The molecule has 21 heavy (non-hydrogen) atoms. The monoisotopic (exact) mass is 322 g/mol. The third-order valence-corrected chi connectivity index (χ3v) is 6.22. The molecule has 2 heterocycles. The Labute approximate surface area is 132 Å². The molecule has 1 atom stereocenters. The number of carbonyl (C=O) groups is 1. The van der Waals surface area contributed by atoms with Gasteiger partial charge in [0.1, 0.15) is 10.6 Å². The lowest BCUT2D eigenvalue weighted by Crippen LogP contribution is -2.29. The Balaban J connectivity index is 1.82. The number of hydrogen-bond donors (Lipinski definition) is 2. The lowest BCUT2D eigenvalue weighted by atomic mass is 10.2. The Bertz CT molecular complexity index is 663. The molecule has 1 aromatic carbocycles. The smallest absolute Gasteiger partial charge is 0.263 e. The van der Waals surface area contributed by atoms with Crippen molar-refractivity contribution < 1.29 is 9.53 Å². The van der Waals surface area contributed by atoms with Gasteiger partial charge in [-0.3, -0.25) is 4.79 Å². The highest BCUT2D eigenvalue weighted by atomic mass is 32.2. The molecule has 1 aromatic heterocycles. The van der Waals surface area contributed by atoms with Crippen LogP contribution in [0.15, 0.2) is 18.2 Å².